The van der Waals surface area contributed by atoms with E-state index in [2.05, 4.69) is 11.1 Å². The molecular weight excluding hydrogens is 336 g/mol. The number of hydrogen-bond acceptors (Lipinski definition) is 5. The number of amides is 1. The fourth-order valence-electron chi connectivity index (χ4n) is 3.41. The number of carbonyl (C=O) groups is 1. The van der Waals surface area contributed by atoms with Crippen molar-refractivity contribution >= 4 is 22.2 Å². The average molecular weight is 354 g/mol. The SMILES string of the molecule is Cc1csc2nc(CN3Cc4ccccc4C[C@@H]3C(N)=O)cc(=O)n12. The summed E-state index contributed by atoms with van der Waals surface area (Å²) in [6, 6.07) is 9.22. The summed E-state index contributed by atoms with van der Waals surface area (Å²) in [6.07, 6.45) is 0.588. The summed E-state index contributed by atoms with van der Waals surface area (Å²) in [5, 5.41) is 1.91. The van der Waals surface area contributed by atoms with E-state index in [4.69, 9.17) is 5.73 Å². The molecule has 1 aliphatic heterocycles. The van der Waals surface area contributed by atoms with Crippen molar-refractivity contribution in [2.75, 3.05) is 0 Å². The van der Waals surface area contributed by atoms with Gasteiger partial charge in [0.25, 0.3) is 5.56 Å². The van der Waals surface area contributed by atoms with Crippen LogP contribution in [-0.4, -0.2) is 26.2 Å². The number of nitrogens with zero attached hydrogens (tertiary/aromatic N) is 3. The van der Waals surface area contributed by atoms with Gasteiger partial charge in [0.05, 0.1) is 11.7 Å². The van der Waals surface area contributed by atoms with Gasteiger partial charge in [-0.1, -0.05) is 24.3 Å². The zero-order valence-electron chi connectivity index (χ0n) is 13.8. The van der Waals surface area contributed by atoms with Crippen molar-refractivity contribution in [3.05, 3.63) is 68.6 Å². The Morgan fingerprint density at radius 2 is 2.12 bits per heavy atom. The molecule has 1 amide bonds. The Morgan fingerprint density at radius 3 is 2.88 bits per heavy atom. The van der Waals surface area contributed by atoms with E-state index in [1.165, 1.54) is 16.9 Å². The van der Waals surface area contributed by atoms with Crippen molar-refractivity contribution in [1.29, 1.82) is 0 Å². The van der Waals surface area contributed by atoms with Crippen LogP contribution in [0.2, 0.25) is 0 Å². The standard InChI is InChI=1S/C18H18N4O2S/c1-11-10-25-18-20-14(7-16(23)22(11)18)9-21-8-13-5-3-2-4-12(13)6-15(21)17(19)24/h2-5,7,10,15H,6,8-9H2,1H3,(H2,19,24)/t15-/m1/s1. The molecule has 25 heavy (non-hydrogen) atoms. The fraction of sp³-hybridized carbons (Fsp3) is 0.278. The summed E-state index contributed by atoms with van der Waals surface area (Å²) in [6.45, 7) is 2.93. The third-order valence-electron chi connectivity index (χ3n) is 4.67. The number of fused-ring (bicyclic) bond motifs is 2. The van der Waals surface area contributed by atoms with Gasteiger partial charge in [0, 0.05) is 30.2 Å². The molecule has 0 spiro atoms. The van der Waals surface area contributed by atoms with E-state index in [-0.39, 0.29) is 17.5 Å². The highest BCUT2D eigenvalue weighted by Gasteiger charge is 2.30. The van der Waals surface area contributed by atoms with Crippen LogP contribution in [0.3, 0.4) is 0 Å². The Bertz CT molecular complexity index is 1020. The molecule has 2 aromatic heterocycles. The predicted octanol–water partition coefficient (Wildman–Crippen LogP) is 1.48. The maximum atomic E-state index is 12.4. The second-order valence-electron chi connectivity index (χ2n) is 6.38. The van der Waals surface area contributed by atoms with E-state index < -0.39 is 0 Å². The van der Waals surface area contributed by atoms with E-state index in [1.54, 1.807) is 10.5 Å². The lowest BCUT2D eigenvalue weighted by atomic mass is 9.93. The molecule has 0 aliphatic carbocycles. The normalized spacial score (nSPS) is 17.6. The monoisotopic (exact) mass is 354 g/mol. The second-order valence-corrected chi connectivity index (χ2v) is 7.21. The van der Waals surface area contributed by atoms with Crippen LogP contribution >= 0.6 is 11.3 Å². The second kappa shape index (κ2) is 6.09. The number of hydrogen-bond donors (Lipinski definition) is 1. The zero-order valence-corrected chi connectivity index (χ0v) is 14.6. The largest absolute Gasteiger partial charge is 0.368 e. The minimum absolute atomic E-state index is 0.0909. The lowest BCUT2D eigenvalue weighted by Gasteiger charge is -2.34. The van der Waals surface area contributed by atoms with Gasteiger partial charge in [0.15, 0.2) is 4.96 Å². The van der Waals surface area contributed by atoms with Gasteiger partial charge in [-0.15, -0.1) is 11.3 Å². The fourth-order valence-corrected chi connectivity index (χ4v) is 4.30. The summed E-state index contributed by atoms with van der Waals surface area (Å²) in [5.41, 5.74) is 9.42. The smallest absolute Gasteiger partial charge is 0.259 e. The van der Waals surface area contributed by atoms with Gasteiger partial charge in [0.1, 0.15) is 0 Å². The molecule has 1 aromatic carbocycles. The van der Waals surface area contributed by atoms with Crippen LogP contribution in [0, 0.1) is 6.92 Å². The van der Waals surface area contributed by atoms with Crippen molar-refractivity contribution in [3.8, 4) is 0 Å². The highest BCUT2D eigenvalue weighted by atomic mass is 32.1. The molecule has 7 heteroatoms. The molecule has 1 aliphatic rings. The van der Waals surface area contributed by atoms with Crippen LogP contribution in [-0.2, 0) is 24.3 Å². The minimum Gasteiger partial charge on any atom is -0.368 e. The van der Waals surface area contributed by atoms with Gasteiger partial charge in [0.2, 0.25) is 5.91 Å². The van der Waals surface area contributed by atoms with E-state index in [1.807, 2.05) is 35.4 Å². The van der Waals surface area contributed by atoms with Gasteiger partial charge in [-0.2, -0.15) is 0 Å². The number of primary amides is 1. The molecule has 0 saturated heterocycles. The Kier molecular flexibility index (Phi) is 3.89. The maximum Gasteiger partial charge on any atom is 0.259 e. The topological polar surface area (TPSA) is 80.7 Å². The van der Waals surface area contributed by atoms with Gasteiger partial charge in [-0.25, -0.2) is 4.98 Å². The molecule has 0 fully saturated rings. The molecule has 3 aromatic rings. The number of aryl methyl sites for hydroxylation is 1. The molecule has 0 radical (unpaired) electrons. The number of rotatable bonds is 3. The molecule has 2 N–H and O–H groups in total. The summed E-state index contributed by atoms with van der Waals surface area (Å²) in [4.78, 5) is 31.6. The third kappa shape index (κ3) is 2.85. The van der Waals surface area contributed by atoms with Crippen molar-refractivity contribution in [2.45, 2.75) is 32.5 Å². The predicted molar refractivity (Wildman–Crippen MR) is 96.5 cm³/mol. The van der Waals surface area contributed by atoms with Crippen molar-refractivity contribution in [3.63, 3.8) is 0 Å². The number of nitrogens with two attached hydrogens (primary N) is 1. The summed E-state index contributed by atoms with van der Waals surface area (Å²) < 4.78 is 1.60. The molecular formula is C18H18N4O2S. The highest BCUT2D eigenvalue weighted by molar-refractivity contribution is 7.15. The number of carbonyl (C=O) groups excluding carboxylic acids is 1. The lowest BCUT2D eigenvalue weighted by molar-refractivity contribution is -0.124. The van der Waals surface area contributed by atoms with Crippen LogP contribution in [0.25, 0.3) is 4.96 Å². The zero-order chi connectivity index (χ0) is 17.6. The highest BCUT2D eigenvalue weighted by Crippen LogP contribution is 2.24. The van der Waals surface area contributed by atoms with E-state index >= 15 is 0 Å². The molecule has 0 saturated carbocycles. The van der Waals surface area contributed by atoms with Crippen molar-refractivity contribution in [1.82, 2.24) is 14.3 Å². The lowest BCUT2D eigenvalue weighted by Crippen LogP contribution is -2.48. The summed E-state index contributed by atoms with van der Waals surface area (Å²) in [7, 11) is 0. The van der Waals surface area contributed by atoms with Crippen LogP contribution < -0.4 is 11.3 Å². The third-order valence-corrected chi connectivity index (χ3v) is 5.61. The summed E-state index contributed by atoms with van der Waals surface area (Å²) in [5.74, 6) is -0.348. The Hall–Kier alpha value is -2.51. The van der Waals surface area contributed by atoms with Gasteiger partial charge in [-0.05, 0) is 24.5 Å². The summed E-state index contributed by atoms with van der Waals surface area (Å²) >= 11 is 1.44. The number of benzene rings is 1. The Balaban J connectivity index is 1.69. The van der Waals surface area contributed by atoms with Gasteiger partial charge < -0.3 is 5.73 Å². The molecule has 4 rings (SSSR count). The quantitative estimate of drug-likeness (QED) is 0.772. The van der Waals surface area contributed by atoms with E-state index in [0.717, 1.165) is 11.3 Å². The first-order valence-electron chi connectivity index (χ1n) is 8.10. The molecule has 3 heterocycles. The molecule has 0 bridgehead atoms. The maximum absolute atomic E-state index is 12.4. The average Bonchev–Trinajstić information content (AvgIpc) is 2.95. The van der Waals surface area contributed by atoms with Gasteiger partial charge in [-0.3, -0.25) is 18.9 Å². The van der Waals surface area contributed by atoms with E-state index in [9.17, 15) is 9.59 Å². The number of thiazole rings is 1. The first-order chi connectivity index (χ1) is 12.0. The number of aromatic nitrogens is 2. The molecule has 0 unspecified atom stereocenters. The molecule has 128 valence electrons. The molecule has 6 nitrogen and oxygen atoms in total. The van der Waals surface area contributed by atoms with Crippen molar-refractivity contribution in [2.24, 2.45) is 5.73 Å². The Labute approximate surface area is 148 Å². The molecule has 1 atom stereocenters. The minimum atomic E-state index is -0.389. The van der Waals surface area contributed by atoms with Crippen LogP contribution in [0.4, 0.5) is 0 Å². The van der Waals surface area contributed by atoms with E-state index in [0.29, 0.717) is 30.2 Å². The van der Waals surface area contributed by atoms with Crippen molar-refractivity contribution < 1.29 is 4.79 Å². The first kappa shape index (κ1) is 16.0. The van der Waals surface area contributed by atoms with Crippen LogP contribution in [0.5, 0.6) is 0 Å². The Morgan fingerprint density at radius 1 is 1.36 bits per heavy atom. The van der Waals surface area contributed by atoms with Crippen LogP contribution in [0.15, 0.2) is 40.5 Å². The van der Waals surface area contributed by atoms with Gasteiger partial charge >= 0.3 is 0 Å². The van der Waals surface area contributed by atoms with Crippen LogP contribution in [0.1, 0.15) is 22.5 Å². The first-order valence-corrected chi connectivity index (χ1v) is 8.98.